The van der Waals surface area contributed by atoms with Gasteiger partial charge in [-0.3, -0.25) is 0 Å². The largest absolute Gasteiger partial charge is 0.328 e. The van der Waals surface area contributed by atoms with E-state index in [0.717, 1.165) is 5.92 Å². The second-order valence-electron chi connectivity index (χ2n) is 4.69. The summed E-state index contributed by atoms with van der Waals surface area (Å²) >= 11 is 2.10. The summed E-state index contributed by atoms with van der Waals surface area (Å²) in [6, 6.07) is 0.503. The molecule has 0 atom stereocenters. The first kappa shape index (κ1) is 13.6. The van der Waals surface area contributed by atoms with Gasteiger partial charge in [-0.15, -0.1) is 12.4 Å². The number of thioether (sulfide) groups is 1. The van der Waals surface area contributed by atoms with Gasteiger partial charge < -0.3 is 10.6 Å². The summed E-state index contributed by atoms with van der Waals surface area (Å²) in [6.45, 7) is 3.97. The molecule has 1 aliphatic heterocycles. The maximum atomic E-state index is 5.91. The van der Waals surface area contributed by atoms with E-state index in [1.54, 1.807) is 0 Å². The zero-order valence-electron chi connectivity index (χ0n) is 9.36. The molecular weight excluding hydrogens is 228 g/mol. The minimum atomic E-state index is 0. The summed E-state index contributed by atoms with van der Waals surface area (Å²) in [5.74, 6) is 3.62. The maximum Gasteiger partial charge on any atom is 0.00728 e. The van der Waals surface area contributed by atoms with E-state index in [1.807, 2.05) is 0 Å². The predicted molar refractivity (Wildman–Crippen MR) is 70.9 cm³/mol. The first-order chi connectivity index (χ1) is 6.84. The van der Waals surface area contributed by atoms with E-state index in [0.29, 0.717) is 6.04 Å². The number of nitrogens with two attached hydrogens (primary N) is 1. The summed E-state index contributed by atoms with van der Waals surface area (Å²) in [4.78, 5) is 2.65. The average Bonchev–Trinajstić information content (AvgIpc) is 2.23. The zero-order chi connectivity index (χ0) is 9.80. The van der Waals surface area contributed by atoms with E-state index in [9.17, 15) is 0 Å². The zero-order valence-corrected chi connectivity index (χ0v) is 11.0. The van der Waals surface area contributed by atoms with Gasteiger partial charge in [-0.2, -0.15) is 11.8 Å². The third-order valence-corrected chi connectivity index (χ3v) is 4.45. The Hall–Kier alpha value is 0.560. The van der Waals surface area contributed by atoms with Gasteiger partial charge >= 0.3 is 0 Å². The van der Waals surface area contributed by atoms with Gasteiger partial charge in [-0.25, -0.2) is 0 Å². The predicted octanol–water partition coefficient (Wildman–Crippen LogP) is 1.97. The molecule has 15 heavy (non-hydrogen) atoms. The van der Waals surface area contributed by atoms with E-state index in [4.69, 9.17) is 5.73 Å². The third-order valence-electron chi connectivity index (χ3n) is 3.51. The van der Waals surface area contributed by atoms with Gasteiger partial charge in [0.05, 0.1) is 0 Å². The Morgan fingerprint density at radius 3 is 2.27 bits per heavy atom. The molecule has 0 radical (unpaired) electrons. The van der Waals surface area contributed by atoms with E-state index < -0.39 is 0 Å². The highest BCUT2D eigenvalue weighted by atomic mass is 35.5. The van der Waals surface area contributed by atoms with Crippen LogP contribution in [0.15, 0.2) is 0 Å². The monoisotopic (exact) mass is 250 g/mol. The van der Waals surface area contributed by atoms with Crippen molar-refractivity contribution < 1.29 is 0 Å². The molecule has 2 nitrogen and oxygen atoms in total. The molecule has 0 aromatic rings. The molecule has 4 heteroatoms. The van der Waals surface area contributed by atoms with E-state index in [1.165, 1.54) is 56.8 Å². The van der Waals surface area contributed by atoms with Crippen LogP contribution < -0.4 is 5.73 Å². The molecule has 0 bridgehead atoms. The summed E-state index contributed by atoms with van der Waals surface area (Å²) in [6.07, 6.45) is 5.25. The Kier molecular flexibility index (Phi) is 6.36. The van der Waals surface area contributed by atoms with Crippen LogP contribution in [0.2, 0.25) is 0 Å². The van der Waals surface area contributed by atoms with Crippen LogP contribution in [0.25, 0.3) is 0 Å². The van der Waals surface area contributed by atoms with Gasteiger partial charge in [-0.05, 0) is 31.6 Å². The lowest BCUT2D eigenvalue weighted by molar-refractivity contribution is 0.208. The molecule has 90 valence electrons. The minimum absolute atomic E-state index is 0. The highest BCUT2D eigenvalue weighted by Crippen LogP contribution is 2.24. The highest BCUT2D eigenvalue weighted by molar-refractivity contribution is 7.99. The molecule has 0 aromatic heterocycles. The summed E-state index contributed by atoms with van der Waals surface area (Å²) in [5, 5.41) is 0. The fourth-order valence-electron chi connectivity index (χ4n) is 2.52. The fraction of sp³-hybridized carbons (Fsp3) is 1.00. The van der Waals surface area contributed by atoms with Gasteiger partial charge in [0, 0.05) is 37.2 Å². The molecule has 2 fully saturated rings. The standard InChI is InChI=1S/C11H22N2S.ClH/c12-11-3-1-10(2-4-11)9-13-5-7-14-8-6-13;/h10-11H,1-9,12H2;1H. The van der Waals surface area contributed by atoms with E-state index in [-0.39, 0.29) is 12.4 Å². The fourth-order valence-corrected chi connectivity index (χ4v) is 3.50. The molecule has 1 saturated carbocycles. The molecule has 0 unspecified atom stereocenters. The average molecular weight is 251 g/mol. The normalized spacial score (nSPS) is 33.4. The van der Waals surface area contributed by atoms with Gasteiger partial charge in [0.1, 0.15) is 0 Å². The smallest absolute Gasteiger partial charge is 0.00728 e. The van der Waals surface area contributed by atoms with Crippen molar-refractivity contribution in [2.75, 3.05) is 31.1 Å². The Morgan fingerprint density at radius 2 is 1.67 bits per heavy atom. The van der Waals surface area contributed by atoms with Crippen molar-refractivity contribution in [3.63, 3.8) is 0 Å². The first-order valence-corrected chi connectivity index (χ1v) is 7.06. The van der Waals surface area contributed by atoms with Gasteiger partial charge in [0.15, 0.2) is 0 Å². The van der Waals surface area contributed by atoms with Crippen molar-refractivity contribution in [3.8, 4) is 0 Å². The maximum absolute atomic E-state index is 5.91. The molecule has 1 heterocycles. The van der Waals surface area contributed by atoms with Crippen molar-refractivity contribution in [2.24, 2.45) is 11.7 Å². The number of rotatable bonds is 2. The van der Waals surface area contributed by atoms with Gasteiger partial charge in [-0.1, -0.05) is 0 Å². The van der Waals surface area contributed by atoms with Crippen molar-refractivity contribution in [2.45, 2.75) is 31.7 Å². The van der Waals surface area contributed by atoms with Crippen molar-refractivity contribution in [3.05, 3.63) is 0 Å². The lowest BCUT2D eigenvalue weighted by Crippen LogP contribution is -2.38. The SMILES string of the molecule is Cl.NC1CCC(CN2CCSCC2)CC1. The molecule has 2 rings (SSSR count). The number of nitrogens with zero attached hydrogens (tertiary/aromatic N) is 1. The summed E-state index contributed by atoms with van der Waals surface area (Å²) < 4.78 is 0. The number of hydrogen-bond acceptors (Lipinski definition) is 3. The molecule has 2 aliphatic rings. The van der Waals surface area contributed by atoms with E-state index >= 15 is 0 Å². The van der Waals surface area contributed by atoms with Crippen LogP contribution in [0.5, 0.6) is 0 Å². The van der Waals surface area contributed by atoms with Crippen molar-refractivity contribution in [1.82, 2.24) is 4.90 Å². The third kappa shape index (κ3) is 4.51. The summed E-state index contributed by atoms with van der Waals surface area (Å²) in [7, 11) is 0. The molecule has 1 saturated heterocycles. The lowest BCUT2D eigenvalue weighted by atomic mass is 9.86. The Balaban J connectivity index is 0.00000112. The number of hydrogen-bond donors (Lipinski definition) is 1. The Morgan fingerprint density at radius 1 is 1.07 bits per heavy atom. The second kappa shape index (κ2) is 7.00. The topological polar surface area (TPSA) is 29.3 Å². The van der Waals surface area contributed by atoms with Crippen LogP contribution in [0.3, 0.4) is 0 Å². The molecule has 0 aromatic carbocycles. The van der Waals surface area contributed by atoms with Crippen molar-refractivity contribution >= 4 is 24.2 Å². The van der Waals surface area contributed by atoms with Crippen LogP contribution in [0, 0.1) is 5.92 Å². The molecule has 0 amide bonds. The number of halogens is 1. The van der Waals surface area contributed by atoms with Crippen LogP contribution >= 0.6 is 24.2 Å². The molecule has 2 N–H and O–H groups in total. The first-order valence-electron chi connectivity index (χ1n) is 5.90. The Labute approximate surface area is 104 Å². The quantitative estimate of drug-likeness (QED) is 0.813. The molecule has 1 aliphatic carbocycles. The van der Waals surface area contributed by atoms with Gasteiger partial charge in [0.2, 0.25) is 0 Å². The second-order valence-corrected chi connectivity index (χ2v) is 5.92. The molecule has 0 spiro atoms. The van der Waals surface area contributed by atoms with Crippen molar-refractivity contribution in [1.29, 1.82) is 0 Å². The van der Waals surface area contributed by atoms with Crippen LogP contribution in [0.4, 0.5) is 0 Å². The highest BCUT2D eigenvalue weighted by Gasteiger charge is 2.21. The van der Waals surface area contributed by atoms with E-state index in [2.05, 4.69) is 16.7 Å². The van der Waals surface area contributed by atoms with Crippen LogP contribution in [-0.4, -0.2) is 42.1 Å². The van der Waals surface area contributed by atoms with Crippen LogP contribution in [-0.2, 0) is 0 Å². The van der Waals surface area contributed by atoms with Crippen LogP contribution in [0.1, 0.15) is 25.7 Å². The molecular formula is C11H23ClN2S. The van der Waals surface area contributed by atoms with Gasteiger partial charge in [0.25, 0.3) is 0 Å². The summed E-state index contributed by atoms with van der Waals surface area (Å²) in [5.41, 5.74) is 5.91. The minimum Gasteiger partial charge on any atom is -0.328 e. The lowest BCUT2D eigenvalue weighted by Gasteiger charge is -2.33. The Bertz CT molecular complexity index is 166.